The van der Waals surface area contributed by atoms with E-state index in [1.807, 2.05) is 12.1 Å². The van der Waals surface area contributed by atoms with Crippen molar-refractivity contribution < 1.29 is 13.2 Å². The molecule has 1 amide bonds. The van der Waals surface area contributed by atoms with Crippen LogP contribution < -0.4 is 4.80 Å². The topological polar surface area (TPSA) is 68.5 Å². The van der Waals surface area contributed by atoms with Crippen LogP contribution in [-0.4, -0.2) is 30.9 Å². The molecular formula is C20H18N2O3S3. The fourth-order valence-corrected chi connectivity index (χ4v) is 5.08. The summed E-state index contributed by atoms with van der Waals surface area (Å²) in [7, 11) is -3.33. The Hall–Kier alpha value is -2.34. The molecule has 1 aromatic heterocycles. The molecule has 0 aliphatic rings. The van der Waals surface area contributed by atoms with Crippen LogP contribution in [0.2, 0.25) is 0 Å². The summed E-state index contributed by atoms with van der Waals surface area (Å²) in [5.74, 6) is 3.15. The number of carbonyl (C=O) groups is 1. The average Bonchev–Trinajstić information content (AvgIpc) is 2.99. The minimum absolute atomic E-state index is 0.219. The molecule has 8 heteroatoms. The molecule has 28 heavy (non-hydrogen) atoms. The molecule has 0 radical (unpaired) electrons. The summed E-state index contributed by atoms with van der Waals surface area (Å²) in [6.07, 6.45) is 6.63. The fourth-order valence-electron chi connectivity index (χ4n) is 2.63. The maximum Gasteiger partial charge on any atom is 0.279 e. The van der Waals surface area contributed by atoms with E-state index in [0.29, 0.717) is 15.1 Å². The molecule has 0 atom stereocenters. The second-order valence-electron chi connectivity index (χ2n) is 5.95. The molecule has 0 aliphatic heterocycles. The lowest BCUT2D eigenvalue weighted by Gasteiger charge is -2.02. The molecule has 0 aliphatic carbocycles. The van der Waals surface area contributed by atoms with Gasteiger partial charge in [-0.25, -0.2) is 8.42 Å². The Labute approximate surface area is 172 Å². The molecule has 0 bridgehead atoms. The Kier molecular flexibility index (Phi) is 6.08. The third-order valence-electron chi connectivity index (χ3n) is 3.94. The van der Waals surface area contributed by atoms with Gasteiger partial charge in [-0.1, -0.05) is 24.2 Å². The van der Waals surface area contributed by atoms with E-state index in [0.717, 1.165) is 22.4 Å². The maximum atomic E-state index is 12.6. The number of hydrogen-bond acceptors (Lipinski definition) is 5. The number of thiazole rings is 1. The zero-order chi connectivity index (χ0) is 20.3. The minimum Gasteiger partial charge on any atom is -0.305 e. The summed E-state index contributed by atoms with van der Waals surface area (Å²) in [6, 6.07) is 12.1. The van der Waals surface area contributed by atoms with Gasteiger partial charge in [0.05, 0.1) is 21.7 Å². The van der Waals surface area contributed by atoms with Crippen LogP contribution in [0.15, 0.2) is 57.2 Å². The molecule has 0 N–H and O–H groups in total. The molecule has 0 unspecified atom stereocenters. The number of benzene rings is 2. The van der Waals surface area contributed by atoms with Gasteiger partial charge in [-0.05, 0) is 48.2 Å². The first-order chi connectivity index (χ1) is 13.3. The van der Waals surface area contributed by atoms with Crippen LogP contribution >= 0.6 is 23.1 Å². The van der Waals surface area contributed by atoms with Gasteiger partial charge in [0, 0.05) is 16.7 Å². The van der Waals surface area contributed by atoms with Crippen LogP contribution in [-0.2, 0) is 16.4 Å². The number of aromatic nitrogens is 1. The molecule has 3 aromatic rings. The lowest BCUT2D eigenvalue weighted by molar-refractivity contribution is 0.0998. The molecular weight excluding hydrogens is 412 g/mol. The Bertz CT molecular complexity index is 1240. The van der Waals surface area contributed by atoms with Crippen molar-refractivity contribution in [2.24, 2.45) is 4.99 Å². The molecule has 5 nitrogen and oxygen atoms in total. The highest BCUT2D eigenvalue weighted by atomic mass is 32.2. The molecule has 3 rings (SSSR count). The highest BCUT2D eigenvalue weighted by Gasteiger charge is 2.13. The molecule has 0 fully saturated rings. The van der Waals surface area contributed by atoms with Crippen molar-refractivity contribution in [3.05, 3.63) is 52.8 Å². The van der Waals surface area contributed by atoms with Crippen molar-refractivity contribution >= 4 is 49.1 Å². The average molecular weight is 431 g/mol. The number of fused-ring (bicyclic) bond motifs is 1. The lowest BCUT2D eigenvalue weighted by Crippen LogP contribution is -2.16. The van der Waals surface area contributed by atoms with Crippen LogP contribution in [0.1, 0.15) is 17.3 Å². The standard InChI is InChI=1S/C20H18N2O3S3/c1-4-12-22-17-11-10-16(28(3,24)25)13-18(17)27-20(22)21-19(23)14-6-8-15(9-7-14)26-5-2/h1,6-11,13H,5,12H2,2-3H3. The molecule has 144 valence electrons. The SMILES string of the molecule is C#CCn1c(=NC(=O)c2ccc(SCC)cc2)sc2cc(S(C)(=O)=O)ccc21. The number of sulfone groups is 1. The third-order valence-corrected chi connectivity index (χ3v) is 6.99. The number of terminal acetylenes is 1. The molecule has 0 saturated carbocycles. The highest BCUT2D eigenvalue weighted by Crippen LogP contribution is 2.22. The van der Waals surface area contributed by atoms with E-state index < -0.39 is 9.84 Å². The number of carbonyl (C=O) groups excluding carboxylic acids is 1. The van der Waals surface area contributed by atoms with Gasteiger partial charge in [-0.2, -0.15) is 4.99 Å². The predicted molar refractivity (Wildman–Crippen MR) is 114 cm³/mol. The van der Waals surface area contributed by atoms with Gasteiger partial charge in [-0.3, -0.25) is 4.79 Å². The van der Waals surface area contributed by atoms with Gasteiger partial charge in [0.2, 0.25) is 0 Å². The van der Waals surface area contributed by atoms with Gasteiger partial charge in [0.15, 0.2) is 14.6 Å². The largest absolute Gasteiger partial charge is 0.305 e. The summed E-state index contributed by atoms with van der Waals surface area (Å²) in [5, 5.41) is 0. The highest BCUT2D eigenvalue weighted by molar-refractivity contribution is 7.99. The second kappa shape index (κ2) is 8.35. The summed E-state index contributed by atoms with van der Waals surface area (Å²) < 4.78 is 26.1. The van der Waals surface area contributed by atoms with Crippen molar-refractivity contribution in [3.8, 4) is 12.3 Å². The number of thioether (sulfide) groups is 1. The Morgan fingerprint density at radius 2 is 1.96 bits per heavy atom. The number of nitrogens with zero attached hydrogens (tertiary/aromatic N) is 2. The van der Waals surface area contributed by atoms with E-state index in [2.05, 4.69) is 17.8 Å². The van der Waals surface area contributed by atoms with Crippen molar-refractivity contribution in [1.29, 1.82) is 0 Å². The van der Waals surface area contributed by atoms with E-state index >= 15 is 0 Å². The molecule has 0 spiro atoms. The van der Waals surface area contributed by atoms with Crippen molar-refractivity contribution in [3.63, 3.8) is 0 Å². The quantitative estimate of drug-likeness (QED) is 0.458. The van der Waals surface area contributed by atoms with Gasteiger partial charge < -0.3 is 4.57 Å². The van der Waals surface area contributed by atoms with Crippen LogP contribution in [0, 0.1) is 12.3 Å². The first-order valence-corrected chi connectivity index (χ1v) is 12.1. The molecule has 0 saturated heterocycles. The Morgan fingerprint density at radius 3 is 2.57 bits per heavy atom. The van der Waals surface area contributed by atoms with Crippen LogP contribution in [0.3, 0.4) is 0 Å². The smallest absolute Gasteiger partial charge is 0.279 e. The van der Waals surface area contributed by atoms with E-state index in [1.54, 1.807) is 40.6 Å². The first kappa shape index (κ1) is 20.4. The number of hydrogen-bond donors (Lipinski definition) is 0. The Balaban J connectivity index is 2.08. The van der Waals surface area contributed by atoms with Gasteiger partial charge in [-0.15, -0.1) is 18.2 Å². The van der Waals surface area contributed by atoms with Crippen molar-refractivity contribution in [2.75, 3.05) is 12.0 Å². The van der Waals surface area contributed by atoms with Crippen molar-refractivity contribution in [1.82, 2.24) is 4.57 Å². The monoisotopic (exact) mass is 430 g/mol. The van der Waals surface area contributed by atoms with Crippen LogP contribution in [0.4, 0.5) is 0 Å². The summed E-state index contributed by atoms with van der Waals surface area (Å²) in [4.78, 5) is 18.6. The maximum absolute atomic E-state index is 12.6. The molecule has 2 aromatic carbocycles. The van der Waals surface area contributed by atoms with E-state index in [1.165, 1.54) is 17.4 Å². The summed E-state index contributed by atoms with van der Waals surface area (Å²) in [5.41, 5.74) is 1.23. The zero-order valence-corrected chi connectivity index (χ0v) is 17.8. The number of rotatable bonds is 5. The van der Waals surface area contributed by atoms with Crippen LogP contribution in [0.25, 0.3) is 10.2 Å². The fraction of sp³-hybridized carbons (Fsp3) is 0.200. The number of amides is 1. The lowest BCUT2D eigenvalue weighted by atomic mass is 10.2. The first-order valence-electron chi connectivity index (χ1n) is 8.42. The van der Waals surface area contributed by atoms with Crippen LogP contribution in [0.5, 0.6) is 0 Å². The van der Waals surface area contributed by atoms with E-state index in [-0.39, 0.29) is 17.3 Å². The predicted octanol–water partition coefficient (Wildman–Crippen LogP) is 3.59. The van der Waals surface area contributed by atoms with Gasteiger partial charge >= 0.3 is 0 Å². The summed E-state index contributed by atoms with van der Waals surface area (Å²) in [6.45, 7) is 2.30. The van der Waals surface area contributed by atoms with Gasteiger partial charge in [0.25, 0.3) is 5.91 Å². The minimum atomic E-state index is -3.33. The van der Waals surface area contributed by atoms with Crippen molar-refractivity contribution in [2.45, 2.75) is 23.3 Å². The van der Waals surface area contributed by atoms with Gasteiger partial charge in [0.1, 0.15) is 0 Å². The zero-order valence-electron chi connectivity index (χ0n) is 15.4. The van der Waals surface area contributed by atoms with E-state index in [9.17, 15) is 13.2 Å². The normalized spacial score (nSPS) is 12.2. The van der Waals surface area contributed by atoms with E-state index in [4.69, 9.17) is 6.42 Å². The Morgan fingerprint density at radius 1 is 1.25 bits per heavy atom. The second-order valence-corrected chi connectivity index (χ2v) is 10.3. The summed E-state index contributed by atoms with van der Waals surface area (Å²) >= 11 is 2.94. The molecule has 1 heterocycles. The third kappa shape index (κ3) is 4.38.